The van der Waals surface area contributed by atoms with Gasteiger partial charge in [0, 0.05) is 23.5 Å². The number of H-pyrrole nitrogens is 1. The summed E-state index contributed by atoms with van der Waals surface area (Å²) < 4.78 is 0. The van der Waals surface area contributed by atoms with E-state index in [0.29, 0.717) is 5.56 Å². The largest absolute Gasteiger partial charge is 0.367 e. The van der Waals surface area contributed by atoms with E-state index in [1.165, 1.54) is 0 Å². The Kier molecular flexibility index (Phi) is 2.88. The predicted molar refractivity (Wildman–Crippen MR) is 69.4 cm³/mol. The summed E-state index contributed by atoms with van der Waals surface area (Å²) in [6.07, 6.45) is 3.51. The van der Waals surface area contributed by atoms with Gasteiger partial charge >= 0.3 is 0 Å². The first-order valence-electron chi connectivity index (χ1n) is 5.77. The first-order chi connectivity index (χ1) is 8.00. The minimum atomic E-state index is -0.0252. The normalized spacial score (nSPS) is 11.5. The molecule has 17 heavy (non-hydrogen) atoms. The fourth-order valence-corrected chi connectivity index (χ4v) is 1.96. The molecule has 1 aromatic heterocycles. The molecule has 2 rings (SSSR count). The second-order valence-electron chi connectivity index (χ2n) is 5.22. The number of benzene rings is 1. The molecule has 88 valence electrons. The highest BCUT2D eigenvalue weighted by atomic mass is 16.1. The van der Waals surface area contributed by atoms with E-state index >= 15 is 0 Å². The zero-order valence-electron chi connectivity index (χ0n) is 10.4. The third kappa shape index (κ3) is 2.31. The molecular weight excluding hydrogens is 210 g/mol. The first kappa shape index (κ1) is 11.6. The highest BCUT2D eigenvalue weighted by Gasteiger charge is 2.21. The van der Waals surface area contributed by atoms with Crippen LogP contribution < -0.4 is 0 Å². The van der Waals surface area contributed by atoms with Gasteiger partial charge in [-0.3, -0.25) is 4.79 Å². The molecule has 0 saturated heterocycles. The summed E-state index contributed by atoms with van der Waals surface area (Å²) in [5.74, 6) is 0.0803. The molecule has 0 bridgehead atoms. The maximum absolute atomic E-state index is 12.4. The van der Waals surface area contributed by atoms with Crippen molar-refractivity contribution in [1.29, 1.82) is 0 Å². The number of aromatic amines is 1. The van der Waals surface area contributed by atoms with Gasteiger partial charge < -0.3 is 4.98 Å². The molecule has 0 atom stereocenters. The van der Waals surface area contributed by atoms with Gasteiger partial charge in [-0.1, -0.05) is 45.0 Å². The molecule has 1 aromatic carbocycles. The van der Waals surface area contributed by atoms with Crippen molar-refractivity contribution in [2.75, 3.05) is 0 Å². The van der Waals surface area contributed by atoms with Crippen molar-refractivity contribution in [3.63, 3.8) is 0 Å². The van der Waals surface area contributed by atoms with Crippen molar-refractivity contribution in [3.05, 3.63) is 59.4 Å². The maximum Gasteiger partial charge on any atom is 0.194 e. The maximum atomic E-state index is 12.4. The number of carbonyl (C=O) groups is 1. The zero-order valence-corrected chi connectivity index (χ0v) is 10.4. The number of nitrogens with one attached hydrogen (secondary N) is 1. The van der Waals surface area contributed by atoms with Gasteiger partial charge in [0.2, 0.25) is 0 Å². The van der Waals surface area contributed by atoms with Crippen LogP contribution in [0.5, 0.6) is 0 Å². The lowest BCUT2D eigenvalue weighted by Crippen LogP contribution is -2.17. The number of ketones is 1. The van der Waals surface area contributed by atoms with E-state index in [2.05, 4.69) is 25.8 Å². The van der Waals surface area contributed by atoms with Crippen LogP contribution >= 0.6 is 0 Å². The van der Waals surface area contributed by atoms with Crippen molar-refractivity contribution >= 4 is 5.78 Å². The van der Waals surface area contributed by atoms with Crippen LogP contribution in [0.15, 0.2) is 42.7 Å². The quantitative estimate of drug-likeness (QED) is 0.782. The third-order valence-electron chi connectivity index (χ3n) is 2.84. The summed E-state index contributed by atoms with van der Waals surface area (Å²) in [7, 11) is 0. The third-order valence-corrected chi connectivity index (χ3v) is 2.84. The lowest BCUT2D eigenvalue weighted by atomic mass is 9.82. The molecule has 0 amide bonds. The zero-order chi connectivity index (χ0) is 12.5. The van der Waals surface area contributed by atoms with E-state index in [-0.39, 0.29) is 11.2 Å². The summed E-state index contributed by atoms with van der Waals surface area (Å²) in [5.41, 5.74) is 2.57. The number of aromatic nitrogens is 1. The van der Waals surface area contributed by atoms with E-state index in [0.717, 1.165) is 11.1 Å². The molecule has 0 aliphatic heterocycles. The summed E-state index contributed by atoms with van der Waals surface area (Å²) in [4.78, 5) is 15.3. The molecule has 0 fully saturated rings. The first-order valence-corrected chi connectivity index (χ1v) is 5.77. The molecule has 1 heterocycles. The molecule has 0 saturated carbocycles. The van der Waals surface area contributed by atoms with Crippen LogP contribution in [0.1, 0.15) is 42.3 Å². The standard InChI is InChI=1S/C15H17NO/c1-15(2,3)13-7-5-4-6-12(13)14(17)11-8-9-16-10-11/h4-10,16H,1-3H3. The minimum Gasteiger partial charge on any atom is -0.367 e. The molecular formula is C15H17NO. The van der Waals surface area contributed by atoms with Gasteiger partial charge in [0.15, 0.2) is 5.78 Å². The van der Waals surface area contributed by atoms with Crippen molar-refractivity contribution in [2.45, 2.75) is 26.2 Å². The highest BCUT2D eigenvalue weighted by molar-refractivity contribution is 6.10. The molecule has 0 spiro atoms. The fraction of sp³-hybridized carbons (Fsp3) is 0.267. The number of hydrogen-bond donors (Lipinski definition) is 1. The van der Waals surface area contributed by atoms with Crippen LogP contribution in [0.2, 0.25) is 0 Å². The number of hydrogen-bond acceptors (Lipinski definition) is 1. The van der Waals surface area contributed by atoms with Gasteiger partial charge in [-0.15, -0.1) is 0 Å². The molecule has 2 heteroatoms. The monoisotopic (exact) mass is 227 g/mol. The molecule has 0 aliphatic carbocycles. The molecule has 0 radical (unpaired) electrons. The van der Waals surface area contributed by atoms with Crippen molar-refractivity contribution in [3.8, 4) is 0 Å². The van der Waals surface area contributed by atoms with E-state index in [9.17, 15) is 4.79 Å². The van der Waals surface area contributed by atoms with Crippen molar-refractivity contribution < 1.29 is 4.79 Å². The average Bonchev–Trinajstić information content (AvgIpc) is 2.80. The van der Waals surface area contributed by atoms with Gasteiger partial charge in [-0.05, 0) is 17.0 Å². The van der Waals surface area contributed by atoms with Crippen LogP contribution in [-0.4, -0.2) is 10.8 Å². The molecule has 0 unspecified atom stereocenters. The Balaban J connectivity index is 2.50. The van der Waals surface area contributed by atoms with E-state index in [1.54, 1.807) is 12.4 Å². The van der Waals surface area contributed by atoms with Crippen molar-refractivity contribution in [2.24, 2.45) is 0 Å². The summed E-state index contributed by atoms with van der Waals surface area (Å²) in [6, 6.07) is 9.63. The van der Waals surface area contributed by atoms with E-state index in [1.807, 2.05) is 30.3 Å². The minimum absolute atomic E-state index is 0.0252. The van der Waals surface area contributed by atoms with Crippen LogP contribution in [0, 0.1) is 0 Å². The Labute approximate surface area is 102 Å². The summed E-state index contributed by atoms with van der Waals surface area (Å²) in [5, 5.41) is 0. The van der Waals surface area contributed by atoms with Crippen LogP contribution in [-0.2, 0) is 5.41 Å². The summed E-state index contributed by atoms with van der Waals surface area (Å²) >= 11 is 0. The molecule has 2 aromatic rings. The van der Waals surface area contributed by atoms with Crippen LogP contribution in [0.3, 0.4) is 0 Å². The predicted octanol–water partition coefficient (Wildman–Crippen LogP) is 3.54. The highest BCUT2D eigenvalue weighted by Crippen LogP contribution is 2.27. The fourth-order valence-electron chi connectivity index (χ4n) is 1.96. The number of rotatable bonds is 2. The van der Waals surface area contributed by atoms with E-state index in [4.69, 9.17) is 0 Å². The second kappa shape index (κ2) is 4.21. The Morgan fingerprint density at radius 2 is 1.82 bits per heavy atom. The second-order valence-corrected chi connectivity index (χ2v) is 5.22. The number of carbonyl (C=O) groups excluding carboxylic acids is 1. The Bertz CT molecular complexity index is 518. The lowest BCUT2D eigenvalue weighted by Gasteiger charge is -2.22. The van der Waals surface area contributed by atoms with Gasteiger partial charge in [-0.2, -0.15) is 0 Å². The Morgan fingerprint density at radius 1 is 1.12 bits per heavy atom. The lowest BCUT2D eigenvalue weighted by molar-refractivity contribution is 0.103. The van der Waals surface area contributed by atoms with Crippen LogP contribution in [0.25, 0.3) is 0 Å². The molecule has 2 nitrogen and oxygen atoms in total. The Morgan fingerprint density at radius 3 is 2.41 bits per heavy atom. The summed E-state index contributed by atoms with van der Waals surface area (Å²) in [6.45, 7) is 6.36. The van der Waals surface area contributed by atoms with Gasteiger partial charge in [0.1, 0.15) is 0 Å². The SMILES string of the molecule is CC(C)(C)c1ccccc1C(=O)c1cc[nH]c1. The van der Waals surface area contributed by atoms with E-state index < -0.39 is 0 Å². The average molecular weight is 227 g/mol. The van der Waals surface area contributed by atoms with Gasteiger partial charge in [0.05, 0.1) is 0 Å². The molecule has 1 N–H and O–H groups in total. The van der Waals surface area contributed by atoms with Crippen molar-refractivity contribution in [1.82, 2.24) is 4.98 Å². The smallest absolute Gasteiger partial charge is 0.194 e. The topological polar surface area (TPSA) is 32.9 Å². The Hall–Kier alpha value is -1.83. The van der Waals surface area contributed by atoms with Gasteiger partial charge in [0.25, 0.3) is 0 Å². The van der Waals surface area contributed by atoms with Gasteiger partial charge in [-0.25, -0.2) is 0 Å². The molecule has 0 aliphatic rings. The van der Waals surface area contributed by atoms with Crippen LogP contribution in [0.4, 0.5) is 0 Å².